The van der Waals surface area contributed by atoms with E-state index in [0.717, 1.165) is 17.4 Å². The first-order valence-corrected chi connectivity index (χ1v) is 9.59. The van der Waals surface area contributed by atoms with Gasteiger partial charge >= 0.3 is 0 Å². The lowest BCUT2D eigenvalue weighted by Gasteiger charge is -2.16. The highest BCUT2D eigenvalue weighted by Gasteiger charge is 2.28. The number of nitrogens with one attached hydrogen (secondary N) is 1. The molecule has 0 aliphatic carbocycles. The third kappa shape index (κ3) is 2.70. The van der Waals surface area contributed by atoms with Gasteiger partial charge in [-0.1, -0.05) is 0 Å². The maximum absolute atomic E-state index is 14.0. The summed E-state index contributed by atoms with van der Waals surface area (Å²) in [4.78, 5) is 7.75. The van der Waals surface area contributed by atoms with Crippen molar-refractivity contribution in [1.29, 1.82) is 5.26 Å². The lowest BCUT2D eigenvalue weighted by molar-refractivity contribution is 0.231. The van der Waals surface area contributed by atoms with Gasteiger partial charge in [-0.3, -0.25) is 0 Å². The maximum Gasteiger partial charge on any atom is 0.221 e. The van der Waals surface area contributed by atoms with E-state index in [0.29, 0.717) is 58.5 Å². The molecule has 4 heterocycles. The van der Waals surface area contributed by atoms with Crippen LogP contribution in [0.5, 0.6) is 11.6 Å². The highest BCUT2D eigenvalue weighted by molar-refractivity contribution is 6.04. The average molecular weight is 403 g/mol. The molecule has 0 bridgehead atoms. The van der Waals surface area contributed by atoms with Crippen molar-refractivity contribution in [2.24, 2.45) is 0 Å². The zero-order chi connectivity index (χ0) is 20.7. The second-order valence-corrected chi connectivity index (χ2v) is 6.98. The zero-order valence-corrected chi connectivity index (χ0v) is 16.3. The number of pyridine rings is 1. The Morgan fingerprint density at radius 2 is 2.23 bits per heavy atom. The number of hydrogen-bond acceptors (Lipinski definition) is 5. The fourth-order valence-electron chi connectivity index (χ4n) is 3.96. The number of fused-ring (bicyclic) bond motifs is 2. The summed E-state index contributed by atoms with van der Waals surface area (Å²) in [7, 11) is 1.58. The quantitative estimate of drug-likeness (QED) is 0.551. The molecule has 0 amide bonds. The number of alkyl halides is 1. The molecule has 0 spiro atoms. The van der Waals surface area contributed by atoms with Crippen molar-refractivity contribution >= 4 is 11.0 Å². The molecule has 0 saturated heterocycles. The minimum absolute atomic E-state index is 0.293. The topological polar surface area (TPSA) is 88.7 Å². The summed E-state index contributed by atoms with van der Waals surface area (Å²) in [5.41, 5.74) is 4.02. The number of rotatable bonds is 4. The molecule has 4 aromatic rings. The van der Waals surface area contributed by atoms with Crippen LogP contribution in [0.25, 0.3) is 33.4 Å². The molecule has 0 fully saturated rings. The number of aromatic amines is 1. The SMILES string of the molecule is COc1ccc(C#N)c(-c2c(-c3c(CF)nn4c3OCCC4)[nH]c3ncccc23)c1. The van der Waals surface area contributed by atoms with Crippen molar-refractivity contribution in [3.63, 3.8) is 0 Å². The summed E-state index contributed by atoms with van der Waals surface area (Å²) in [5, 5.41) is 15.0. The number of nitriles is 1. The highest BCUT2D eigenvalue weighted by Crippen LogP contribution is 2.45. The molecule has 30 heavy (non-hydrogen) atoms. The van der Waals surface area contributed by atoms with E-state index < -0.39 is 6.67 Å². The molecular weight excluding hydrogens is 385 g/mol. The monoisotopic (exact) mass is 403 g/mol. The van der Waals surface area contributed by atoms with Crippen LogP contribution in [0.3, 0.4) is 0 Å². The number of aromatic nitrogens is 4. The van der Waals surface area contributed by atoms with Crippen molar-refractivity contribution in [3.8, 4) is 40.1 Å². The Hall–Kier alpha value is -3.86. The van der Waals surface area contributed by atoms with Crippen molar-refractivity contribution in [1.82, 2.24) is 19.7 Å². The molecular formula is C22H18FN5O2. The van der Waals surface area contributed by atoms with E-state index in [-0.39, 0.29) is 0 Å². The smallest absolute Gasteiger partial charge is 0.221 e. The lowest BCUT2D eigenvalue weighted by atomic mass is 9.95. The first-order chi connectivity index (χ1) is 14.7. The summed E-state index contributed by atoms with van der Waals surface area (Å²) in [6, 6.07) is 11.3. The number of halogens is 1. The van der Waals surface area contributed by atoms with Crippen molar-refractivity contribution in [2.45, 2.75) is 19.6 Å². The first-order valence-electron chi connectivity index (χ1n) is 9.59. The van der Waals surface area contributed by atoms with E-state index in [1.165, 1.54) is 0 Å². The molecule has 0 radical (unpaired) electrons. The zero-order valence-electron chi connectivity index (χ0n) is 16.3. The molecule has 3 aromatic heterocycles. The molecule has 1 aliphatic heterocycles. The Morgan fingerprint density at radius 3 is 3.03 bits per heavy atom. The van der Waals surface area contributed by atoms with Gasteiger partial charge in [-0.15, -0.1) is 0 Å². The van der Waals surface area contributed by atoms with E-state index in [9.17, 15) is 9.65 Å². The van der Waals surface area contributed by atoms with Gasteiger partial charge in [-0.25, -0.2) is 14.1 Å². The average Bonchev–Trinajstić information content (AvgIpc) is 3.36. The van der Waals surface area contributed by atoms with Gasteiger partial charge in [0.15, 0.2) is 0 Å². The van der Waals surface area contributed by atoms with E-state index in [1.54, 1.807) is 30.1 Å². The lowest BCUT2D eigenvalue weighted by Crippen LogP contribution is -2.15. The molecule has 1 N–H and O–H groups in total. The third-order valence-electron chi connectivity index (χ3n) is 5.29. The summed E-state index contributed by atoms with van der Waals surface area (Å²) in [6.45, 7) is 0.476. The fraction of sp³-hybridized carbons (Fsp3) is 0.227. The minimum Gasteiger partial charge on any atom is -0.497 e. The molecule has 7 nitrogen and oxygen atoms in total. The molecule has 1 aromatic carbocycles. The normalized spacial score (nSPS) is 13.0. The first kappa shape index (κ1) is 18.2. The molecule has 8 heteroatoms. The van der Waals surface area contributed by atoms with Gasteiger partial charge in [0.25, 0.3) is 0 Å². The van der Waals surface area contributed by atoms with Crippen molar-refractivity contribution in [2.75, 3.05) is 13.7 Å². The standard InChI is InChI=1S/C22H18FN5O2/c1-29-14-6-5-13(12-24)16(10-14)18-15-4-2-7-25-21(15)26-20(18)19-17(11-23)27-28-8-3-9-30-22(19)28/h2,4-7,10H,3,8-9,11H2,1H3,(H,25,26). The van der Waals surface area contributed by atoms with E-state index >= 15 is 0 Å². The molecule has 0 saturated carbocycles. The summed E-state index contributed by atoms with van der Waals surface area (Å²) in [6.07, 6.45) is 2.50. The number of hydrogen-bond donors (Lipinski definition) is 1. The number of methoxy groups -OCH3 is 1. The number of nitrogens with zero attached hydrogens (tertiary/aromatic N) is 4. The van der Waals surface area contributed by atoms with Crippen LogP contribution in [-0.2, 0) is 13.2 Å². The van der Waals surface area contributed by atoms with E-state index in [4.69, 9.17) is 9.47 Å². The van der Waals surface area contributed by atoms with Gasteiger partial charge in [0.1, 0.15) is 23.8 Å². The molecule has 5 rings (SSSR count). The van der Waals surface area contributed by atoms with E-state index in [2.05, 4.69) is 21.1 Å². The maximum atomic E-state index is 14.0. The Balaban J connectivity index is 1.88. The largest absolute Gasteiger partial charge is 0.497 e. The number of ether oxygens (including phenoxy) is 2. The van der Waals surface area contributed by atoms with E-state index in [1.807, 2.05) is 18.2 Å². The van der Waals surface area contributed by atoms with Gasteiger partial charge in [0.2, 0.25) is 5.88 Å². The Kier molecular flexibility index (Phi) is 4.36. The predicted molar refractivity (Wildman–Crippen MR) is 109 cm³/mol. The van der Waals surface area contributed by atoms with Gasteiger partial charge in [-0.2, -0.15) is 10.4 Å². The summed E-state index contributed by atoms with van der Waals surface area (Å²) < 4.78 is 27.0. The number of H-pyrrole nitrogens is 1. The second-order valence-electron chi connectivity index (χ2n) is 6.98. The Bertz CT molecular complexity index is 1300. The third-order valence-corrected chi connectivity index (χ3v) is 5.29. The number of benzene rings is 1. The van der Waals surface area contributed by atoms with Crippen LogP contribution in [0, 0.1) is 11.3 Å². The highest BCUT2D eigenvalue weighted by atomic mass is 19.1. The van der Waals surface area contributed by atoms with Crippen LogP contribution in [0.1, 0.15) is 17.7 Å². The van der Waals surface area contributed by atoms with Crippen LogP contribution in [0.15, 0.2) is 36.5 Å². The Labute approximate surface area is 171 Å². The number of aryl methyl sites for hydroxylation is 1. The summed E-state index contributed by atoms with van der Waals surface area (Å²) in [5.74, 6) is 1.15. The van der Waals surface area contributed by atoms with Gasteiger partial charge in [-0.05, 0) is 30.3 Å². The van der Waals surface area contributed by atoms with Gasteiger partial charge in [0, 0.05) is 35.7 Å². The Morgan fingerprint density at radius 1 is 1.33 bits per heavy atom. The predicted octanol–water partition coefficient (Wildman–Crippen LogP) is 4.23. The molecule has 0 unspecified atom stereocenters. The fourth-order valence-corrected chi connectivity index (χ4v) is 3.96. The van der Waals surface area contributed by atoms with Gasteiger partial charge in [0.05, 0.1) is 36.6 Å². The second kappa shape index (κ2) is 7.19. The minimum atomic E-state index is -0.732. The van der Waals surface area contributed by atoms with Crippen LogP contribution in [-0.4, -0.2) is 33.5 Å². The van der Waals surface area contributed by atoms with Crippen LogP contribution < -0.4 is 9.47 Å². The molecule has 1 aliphatic rings. The summed E-state index contributed by atoms with van der Waals surface area (Å²) >= 11 is 0. The van der Waals surface area contributed by atoms with Crippen LogP contribution in [0.4, 0.5) is 4.39 Å². The molecule has 150 valence electrons. The molecule has 0 atom stereocenters. The van der Waals surface area contributed by atoms with Crippen LogP contribution in [0.2, 0.25) is 0 Å². The van der Waals surface area contributed by atoms with Crippen LogP contribution >= 0.6 is 0 Å². The van der Waals surface area contributed by atoms with Gasteiger partial charge < -0.3 is 14.5 Å². The van der Waals surface area contributed by atoms with Crippen molar-refractivity contribution in [3.05, 3.63) is 47.8 Å². The van der Waals surface area contributed by atoms with Crippen molar-refractivity contribution < 1.29 is 13.9 Å².